The monoisotopic (exact) mass is 178 g/mol. The summed E-state index contributed by atoms with van der Waals surface area (Å²) in [6, 6.07) is 0. The molecule has 0 unspecified atom stereocenters. The van der Waals surface area contributed by atoms with Gasteiger partial charge in [0.05, 0.1) is 0 Å². The maximum absolute atomic E-state index is 9.71. The van der Waals surface area contributed by atoms with Gasteiger partial charge in [-0.05, 0) is 12.5 Å². The first kappa shape index (κ1) is 10.1. The van der Waals surface area contributed by atoms with Crippen molar-refractivity contribution in [2.24, 2.45) is 0 Å². The number of nitrogens with zero attached hydrogens (tertiary/aromatic N) is 2. The van der Waals surface area contributed by atoms with Gasteiger partial charge in [0.25, 0.3) is 5.95 Å². The highest BCUT2D eigenvalue weighted by Crippen LogP contribution is 2.01. The molecule has 0 spiro atoms. The first-order valence-corrected chi connectivity index (χ1v) is 2.91. The van der Waals surface area contributed by atoms with Crippen molar-refractivity contribution < 1.29 is 19.8 Å². The van der Waals surface area contributed by atoms with Crippen LogP contribution in [0.2, 0.25) is 0 Å². The fraction of sp³-hybridized carbons (Fsp3) is 0.500. The standard InChI is InChI=1S/C4H6N2O6/c1-2-3-4(11-5(7)8)12-6(9)10/h3H,2H2,1H3. The van der Waals surface area contributed by atoms with E-state index in [1.54, 1.807) is 6.92 Å². The Morgan fingerprint density at radius 1 is 1.33 bits per heavy atom. The molecule has 0 saturated heterocycles. The van der Waals surface area contributed by atoms with Crippen LogP contribution in [0.3, 0.4) is 0 Å². The maximum atomic E-state index is 9.71. The van der Waals surface area contributed by atoms with Crippen LogP contribution in [0.15, 0.2) is 12.0 Å². The van der Waals surface area contributed by atoms with Gasteiger partial charge in [-0.1, -0.05) is 6.92 Å². The molecule has 0 aliphatic carbocycles. The van der Waals surface area contributed by atoms with Crippen molar-refractivity contribution in [1.82, 2.24) is 0 Å². The van der Waals surface area contributed by atoms with E-state index in [1.807, 2.05) is 0 Å². The molecule has 0 N–H and O–H groups in total. The Morgan fingerprint density at radius 2 is 1.75 bits per heavy atom. The second-order valence-corrected chi connectivity index (χ2v) is 1.56. The number of allylic oxidation sites excluding steroid dienone is 1. The number of hydrogen-bond donors (Lipinski definition) is 0. The molecule has 0 radical (unpaired) electrons. The zero-order chi connectivity index (χ0) is 9.56. The minimum absolute atomic E-state index is 0.330. The summed E-state index contributed by atoms with van der Waals surface area (Å²) in [6.07, 6.45) is 1.41. The smallest absolute Gasteiger partial charge is 0.252 e. The van der Waals surface area contributed by atoms with Gasteiger partial charge in [-0.2, -0.15) is 0 Å². The first-order chi connectivity index (χ1) is 5.56. The Balaban J connectivity index is 4.14. The molecule has 0 aromatic rings. The third-order valence-corrected chi connectivity index (χ3v) is 0.700. The van der Waals surface area contributed by atoms with E-state index in [4.69, 9.17) is 0 Å². The van der Waals surface area contributed by atoms with Gasteiger partial charge in [0.1, 0.15) is 0 Å². The highest BCUT2D eigenvalue weighted by molar-refractivity contribution is 4.79. The zero-order valence-corrected chi connectivity index (χ0v) is 6.13. The first-order valence-electron chi connectivity index (χ1n) is 2.91. The molecule has 0 rings (SSSR count). The van der Waals surface area contributed by atoms with E-state index < -0.39 is 16.1 Å². The third-order valence-electron chi connectivity index (χ3n) is 0.700. The largest absolute Gasteiger partial charge is 0.301 e. The molecule has 0 heterocycles. The average molecular weight is 178 g/mol. The average Bonchev–Trinajstić information content (AvgIpc) is 1.84. The van der Waals surface area contributed by atoms with Crippen LogP contribution in [0.1, 0.15) is 13.3 Å². The molecule has 8 nitrogen and oxygen atoms in total. The van der Waals surface area contributed by atoms with Gasteiger partial charge in [0, 0.05) is 0 Å². The van der Waals surface area contributed by atoms with Crippen LogP contribution >= 0.6 is 0 Å². The van der Waals surface area contributed by atoms with Crippen LogP contribution in [0, 0.1) is 20.2 Å². The summed E-state index contributed by atoms with van der Waals surface area (Å²) >= 11 is 0. The Kier molecular flexibility index (Phi) is 4.12. The fourth-order valence-electron chi connectivity index (χ4n) is 0.405. The number of hydrogen-bond acceptors (Lipinski definition) is 6. The summed E-state index contributed by atoms with van der Waals surface area (Å²) in [5, 5.41) is 17.0. The molecule has 0 bridgehead atoms. The van der Waals surface area contributed by atoms with Crippen molar-refractivity contribution in [3.05, 3.63) is 32.2 Å². The Hall–Kier alpha value is -1.86. The van der Waals surface area contributed by atoms with Crippen molar-refractivity contribution in [3.8, 4) is 0 Å². The summed E-state index contributed by atoms with van der Waals surface area (Å²) in [5.74, 6) is -0.743. The lowest BCUT2D eigenvalue weighted by Gasteiger charge is -1.99. The molecule has 0 saturated carbocycles. The van der Waals surface area contributed by atoms with Crippen LogP contribution < -0.4 is 0 Å². The molecule has 12 heavy (non-hydrogen) atoms. The van der Waals surface area contributed by atoms with Crippen molar-refractivity contribution in [1.29, 1.82) is 0 Å². The molecule has 68 valence electrons. The van der Waals surface area contributed by atoms with Crippen LogP contribution in [-0.2, 0) is 9.68 Å². The van der Waals surface area contributed by atoms with Crippen molar-refractivity contribution >= 4 is 0 Å². The van der Waals surface area contributed by atoms with E-state index in [9.17, 15) is 20.2 Å². The van der Waals surface area contributed by atoms with E-state index in [0.717, 1.165) is 6.08 Å². The maximum Gasteiger partial charge on any atom is 0.301 e. The molecule has 0 aromatic carbocycles. The van der Waals surface area contributed by atoms with E-state index in [1.165, 1.54) is 0 Å². The summed E-state index contributed by atoms with van der Waals surface area (Å²) in [5.41, 5.74) is 0. The van der Waals surface area contributed by atoms with E-state index in [-0.39, 0.29) is 0 Å². The molecule has 0 amide bonds. The highest BCUT2D eigenvalue weighted by atomic mass is 17.0. The lowest BCUT2D eigenvalue weighted by Crippen LogP contribution is -2.08. The second-order valence-electron chi connectivity index (χ2n) is 1.56. The van der Waals surface area contributed by atoms with Crippen molar-refractivity contribution in [3.63, 3.8) is 0 Å². The molecule has 8 heteroatoms. The van der Waals surface area contributed by atoms with E-state index in [2.05, 4.69) is 9.68 Å². The van der Waals surface area contributed by atoms with Crippen LogP contribution in [-0.4, -0.2) is 10.2 Å². The quantitative estimate of drug-likeness (QED) is 0.347. The van der Waals surface area contributed by atoms with Gasteiger partial charge in [-0.3, -0.25) is 9.68 Å². The third kappa shape index (κ3) is 4.97. The van der Waals surface area contributed by atoms with Gasteiger partial charge in [0.2, 0.25) is 0 Å². The van der Waals surface area contributed by atoms with Gasteiger partial charge in [-0.15, -0.1) is 20.2 Å². The molecular weight excluding hydrogens is 172 g/mol. The van der Waals surface area contributed by atoms with Crippen molar-refractivity contribution in [2.75, 3.05) is 0 Å². The predicted octanol–water partition coefficient (Wildman–Crippen LogP) is 0.654. The van der Waals surface area contributed by atoms with Gasteiger partial charge in [-0.25, -0.2) is 0 Å². The molecule has 0 aliphatic rings. The second kappa shape index (κ2) is 4.88. The van der Waals surface area contributed by atoms with Crippen molar-refractivity contribution in [2.45, 2.75) is 13.3 Å². The zero-order valence-electron chi connectivity index (χ0n) is 6.13. The Labute approximate surface area is 66.6 Å². The predicted molar refractivity (Wildman–Crippen MR) is 34.5 cm³/mol. The highest BCUT2D eigenvalue weighted by Gasteiger charge is 2.07. The van der Waals surface area contributed by atoms with Crippen LogP contribution in [0.5, 0.6) is 0 Å². The van der Waals surface area contributed by atoms with Gasteiger partial charge >= 0.3 is 10.2 Å². The minimum atomic E-state index is -1.19. The molecule has 0 aliphatic heterocycles. The van der Waals surface area contributed by atoms with Gasteiger partial charge in [0.15, 0.2) is 0 Å². The lowest BCUT2D eigenvalue weighted by atomic mass is 10.5. The SMILES string of the molecule is CCC=C(O[N+](=O)[O-])O[N+](=O)[O-]. The van der Waals surface area contributed by atoms with Crippen LogP contribution in [0.4, 0.5) is 0 Å². The topological polar surface area (TPSA) is 105 Å². The summed E-state index contributed by atoms with van der Waals surface area (Å²) in [4.78, 5) is 26.9. The van der Waals surface area contributed by atoms with E-state index in [0.29, 0.717) is 6.42 Å². The fourth-order valence-corrected chi connectivity index (χ4v) is 0.405. The Morgan fingerprint density at radius 3 is 2.00 bits per heavy atom. The molecule has 0 aromatic heterocycles. The summed E-state index contributed by atoms with van der Waals surface area (Å²) < 4.78 is 0. The number of rotatable bonds is 5. The molecular formula is C4H6N2O6. The summed E-state index contributed by atoms with van der Waals surface area (Å²) in [6.45, 7) is 1.62. The van der Waals surface area contributed by atoms with Crippen LogP contribution in [0.25, 0.3) is 0 Å². The van der Waals surface area contributed by atoms with E-state index >= 15 is 0 Å². The minimum Gasteiger partial charge on any atom is -0.252 e. The molecule has 0 fully saturated rings. The lowest BCUT2D eigenvalue weighted by molar-refractivity contribution is -0.805. The Bertz CT molecular complexity index is 194. The summed E-state index contributed by atoms with van der Waals surface area (Å²) in [7, 11) is 0. The normalized spacial score (nSPS) is 8.42. The van der Waals surface area contributed by atoms with Gasteiger partial charge < -0.3 is 0 Å². The molecule has 0 atom stereocenters.